The summed E-state index contributed by atoms with van der Waals surface area (Å²) in [5.41, 5.74) is 0.752. The van der Waals surface area contributed by atoms with E-state index in [9.17, 15) is 4.39 Å². The van der Waals surface area contributed by atoms with E-state index >= 15 is 0 Å². The Morgan fingerprint density at radius 3 is 2.71 bits per heavy atom. The van der Waals surface area contributed by atoms with Gasteiger partial charge in [0, 0.05) is 50.3 Å². The van der Waals surface area contributed by atoms with Crippen molar-refractivity contribution in [3.63, 3.8) is 0 Å². The maximum Gasteiger partial charge on any atom is 0.146 e. The van der Waals surface area contributed by atoms with Gasteiger partial charge in [-0.1, -0.05) is 12.1 Å². The summed E-state index contributed by atoms with van der Waals surface area (Å²) < 4.78 is 13.8. The number of benzene rings is 1. The first-order valence-corrected chi connectivity index (χ1v) is 9.01. The average molecular weight is 309 g/mol. The van der Waals surface area contributed by atoms with Crippen molar-refractivity contribution in [1.82, 2.24) is 10.2 Å². The zero-order valence-corrected chi connectivity index (χ0v) is 13.2. The van der Waals surface area contributed by atoms with Crippen molar-refractivity contribution < 1.29 is 4.39 Å². The van der Waals surface area contributed by atoms with E-state index in [0.29, 0.717) is 6.04 Å². The highest BCUT2D eigenvalue weighted by Crippen LogP contribution is 2.20. The minimum atomic E-state index is -0.102. The van der Waals surface area contributed by atoms with Gasteiger partial charge in [0.25, 0.3) is 0 Å². The number of thioether (sulfide) groups is 1. The highest BCUT2D eigenvalue weighted by Gasteiger charge is 2.20. The first-order valence-electron chi connectivity index (χ1n) is 7.86. The lowest BCUT2D eigenvalue weighted by molar-refractivity contribution is 0.245. The maximum absolute atomic E-state index is 13.8. The van der Waals surface area contributed by atoms with Gasteiger partial charge in [0.05, 0.1) is 5.69 Å². The Labute approximate surface area is 130 Å². The van der Waals surface area contributed by atoms with E-state index in [-0.39, 0.29) is 5.82 Å². The Kier molecular flexibility index (Phi) is 5.38. The van der Waals surface area contributed by atoms with Crippen LogP contribution in [-0.4, -0.2) is 61.7 Å². The molecule has 5 heteroatoms. The van der Waals surface area contributed by atoms with Gasteiger partial charge in [0.2, 0.25) is 0 Å². The molecule has 3 rings (SSSR count). The molecule has 0 spiro atoms. The average Bonchev–Trinajstić information content (AvgIpc) is 2.55. The number of piperazine rings is 1. The van der Waals surface area contributed by atoms with Gasteiger partial charge in [-0.05, 0) is 25.1 Å². The van der Waals surface area contributed by atoms with Crippen molar-refractivity contribution in [3.05, 3.63) is 30.1 Å². The molecule has 0 radical (unpaired) electrons. The summed E-state index contributed by atoms with van der Waals surface area (Å²) in [6, 6.07) is 7.78. The Hall–Kier alpha value is -0.780. The monoisotopic (exact) mass is 309 g/mol. The van der Waals surface area contributed by atoms with Crippen molar-refractivity contribution >= 4 is 17.4 Å². The maximum atomic E-state index is 13.8. The van der Waals surface area contributed by atoms with Gasteiger partial charge in [-0.25, -0.2) is 4.39 Å². The van der Waals surface area contributed by atoms with Crippen LogP contribution in [-0.2, 0) is 0 Å². The molecule has 1 aromatic rings. The zero-order chi connectivity index (χ0) is 14.5. The number of para-hydroxylation sites is 1. The van der Waals surface area contributed by atoms with Crippen molar-refractivity contribution in [1.29, 1.82) is 0 Å². The van der Waals surface area contributed by atoms with E-state index < -0.39 is 0 Å². The van der Waals surface area contributed by atoms with Gasteiger partial charge >= 0.3 is 0 Å². The topological polar surface area (TPSA) is 18.5 Å². The highest BCUT2D eigenvalue weighted by molar-refractivity contribution is 7.99. The highest BCUT2D eigenvalue weighted by atomic mass is 32.2. The van der Waals surface area contributed by atoms with Crippen LogP contribution in [0, 0.1) is 5.82 Å². The molecule has 0 amide bonds. The van der Waals surface area contributed by atoms with Crippen molar-refractivity contribution in [2.24, 2.45) is 0 Å². The fraction of sp³-hybridized carbons (Fsp3) is 0.625. The van der Waals surface area contributed by atoms with Crippen LogP contribution in [0.15, 0.2) is 24.3 Å². The molecular formula is C16H24FN3S. The van der Waals surface area contributed by atoms with E-state index in [4.69, 9.17) is 0 Å². The lowest BCUT2D eigenvalue weighted by atomic mass is 10.2. The molecule has 0 aromatic heterocycles. The summed E-state index contributed by atoms with van der Waals surface area (Å²) in [5, 5.41) is 3.59. The molecule has 1 unspecified atom stereocenters. The van der Waals surface area contributed by atoms with E-state index in [2.05, 4.69) is 26.9 Å². The smallest absolute Gasteiger partial charge is 0.146 e. The van der Waals surface area contributed by atoms with E-state index in [1.54, 1.807) is 12.1 Å². The molecule has 116 valence electrons. The number of hydrogen-bond acceptors (Lipinski definition) is 4. The van der Waals surface area contributed by atoms with Crippen LogP contribution >= 0.6 is 11.8 Å². The fourth-order valence-electron chi connectivity index (χ4n) is 3.06. The molecule has 1 N–H and O–H groups in total. The number of hydrogen-bond donors (Lipinski definition) is 1. The molecule has 2 aliphatic rings. The predicted octanol–water partition coefficient (Wildman–Crippen LogP) is 2.04. The van der Waals surface area contributed by atoms with Gasteiger partial charge in [-0.15, -0.1) is 0 Å². The summed E-state index contributed by atoms with van der Waals surface area (Å²) in [5.74, 6) is 2.39. The fourth-order valence-corrected chi connectivity index (χ4v) is 4.06. The van der Waals surface area contributed by atoms with Gasteiger partial charge in [0.1, 0.15) is 5.82 Å². The molecule has 0 aliphatic carbocycles. The predicted molar refractivity (Wildman–Crippen MR) is 88.8 cm³/mol. The molecule has 0 bridgehead atoms. The van der Waals surface area contributed by atoms with Gasteiger partial charge in [-0.2, -0.15) is 11.8 Å². The molecule has 0 saturated carbocycles. The normalized spacial score (nSPS) is 24.2. The van der Waals surface area contributed by atoms with E-state index in [1.165, 1.54) is 17.9 Å². The summed E-state index contributed by atoms with van der Waals surface area (Å²) in [6.07, 6.45) is 1.23. The summed E-state index contributed by atoms with van der Waals surface area (Å²) in [7, 11) is 0. The number of halogens is 1. The number of nitrogens with zero attached hydrogens (tertiary/aromatic N) is 2. The minimum Gasteiger partial charge on any atom is -0.367 e. The Morgan fingerprint density at radius 1 is 1.19 bits per heavy atom. The van der Waals surface area contributed by atoms with Crippen LogP contribution in [0.1, 0.15) is 6.42 Å². The Morgan fingerprint density at radius 2 is 2.00 bits per heavy atom. The third-order valence-electron chi connectivity index (χ3n) is 4.36. The van der Waals surface area contributed by atoms with Crippen molar-refractivity contribution in [2.75, 3.05) is 55.7 Å². The van der Waals surface area contributed by atoms with Crippen LogP contribution in [0.5, 0.6) is 0 Å². The molecule has 3 nitrogen and oxygen atoms in total. The van der Waals surface area contributed by atoms with E-state index in [0.717, 1.165) is 45.0 Å². The number of nitrogens with one attached hydrogen (secondary N) is 1. The van der Waals surface area contributed by atoms with E-state index in [1.807, 2.05) is 12.1 Å². The SMILES string of the molecule is Fc1ccccc1N1CCN(CCC2CSCCN2)CC1. The number of rotatable bonds is 4. The largest absolute Gasteiger partial charge is 0.367 e. The second kappa shape index (κ2) is 7.47. The molecule has 2 aliphatic heterocycles. The first kappa shape index (κ1) is 15.1. The third kappa shape index (κ3) is 4.11. The zero-order valence-electron chi connectivity index (χ0n) is 12.4. The molecule has 2 heterocycles. The van der Waals surface area contributed by atoms with Crippen LogP contribution in [0.3, 0.4) is 0 Å². The Balaban J connectivity index is 1.43. The van der Waals surface area contributed by atoms with Crippen LogP contribution < -0.4 is 10.2 Å². The van der Waals surface area contributed by atoms with Gasteiger partial charge in [-0.3, -0.25) is 4.90 Å². The second-order valence-corrected chi connectivity index (χ2v) is 6.94. The summed E-state index contributed by atoms with van der Waals surface area (Å²) in [4.78, 5) is 4.68. The molecule has 21 heavy (non-hydrogen) atoms. The van der Waals surface area contributed by atoms with Gasteiger partial charge < -0.3 is 10.2 Å². The molecular weight excluding hydrogens is 285 g/mol. The van der Waals surface area contributed by atoms with Gasteiger partial charge in [0.15, 0.2) is 0 Å². The third-order valence-corrected chi connectivity index (χ3v) is 5.49. The lowest BCUT2D eigenvalue weighted by Crippen LogP contribution is -2.48. The molecule has 2 fully saturated rings. The quantitative estimate of drug-likeness (QED) is 0.917. The molecule has 2 saturated heterocycles. The second-order valence-electron chi connectivity index (χ2n) is 5.79. The van der Waals surface area contributed by atoms with Crippen molar-refractivity contribution in [2.45, 2.75) is 12.5 Å². The molecule has 1 aromatic carbocycles. The first-order chi connectivity index (χ1) is 10.3. The molecule has 1 atom stereocenters. The van der Waals surface area contributed by atoms with Crippen molar-refractivity contribution in [3.8, 4) is 0 Å². The summed E-state index contributed by atoms with van der Waals surface area (Å²) >= 11 is 2.06. The van der Waals surface area contributed by atoms with Crippen LogP contribution in [0.2, 0.25) is 0 Å². The summed E-state index contributed by atoms with van der Waals surface area (Å²) in [6.45, 7) is 6.23. The van der Waals surface area contributed by atoms with Crippen LogP contribution in [0.25, 0.3) is 0 Å². The standard InChI is InChI=1S/C16H24FN3S/c17-15-3-1-2-4-16(15)20-10-8-19(9-11-20)7-5-14-13-21-12-6-18-14/h1-4,14,18H,5-13H2. The number of anilines is 1. The van der Waals surface area contributed by atoms with Crippen LogP contribution in [0.4, 0.5) is 10.1 Å². The minimum absolute atomic E-state index is 0.102. The lowest BCUT2D eigenvalue weighted by Gasteiger charge is -2.37. The Bertz CT molecular complexity index is 443.